The Morgan fingerprint density at radius 3 is 2.12 bits per heavy atom. The highest BCUT2D eigenvalue weighted by molar-refractivity contribution is 9.10. The lowest BCUT2D eigenvalue weighted by atomic mass is 9.54. The largest absolute Gasteiger partial charge is 0.465 e. The first-order valence-corrected chi connectivity index (χ1v) is 16.2. The monoisotopic (exact) mass is 612 g/mol. The van der Waals surface area contributed by atoms with Crippen LogP contribution in [-0.2, 0) is 10.2 Å². The topological polar surface area (TPSA) is 93.2 Å². The number of fused-ring (bicyclic) bond motifs is 2. The van der Waals surface area contributed by atoms with Crippen molar-refractivity contribution in [3.63, 3.8) is 0 Å². The van der Waals surface area contributed by atoms with Crippen molar-refractivity contribution in [2.45, 2.75) is 75.2 Å². The third-order valence-corrected chi connectivity index (χ3v) is 12.2. The van der Waals surface area contributed by atoms with Crippen molar-refractivity contribution in [3.8, 4) is 0 Å². The second-order valence-corrected chi connectivity index (χ2v) is 14.5. The second kappa shape index (κ2) is 10.2. The van der Waals surface area contributed by atoms with Crippen LogP contribution >= 0.6 is 15.9 Å². The van der Waals surface area contributed by atoms with Gasteiger partial charge in [0.05, 0.1) is 0 Å². The van der Waals surface area contributed by atoms with E-state index in [0.717, 1.165) is 48.7 Å². The highest BCUT2D eigenvalue weighted by Gasteiger charge is 2.50. The van der Waals surface area contributed by atoms with Gasteiger partial charge in [0.15, 0.2) is 0 Å². The summed E-state index contributed by atoms with van der Waals surface area (Å²) in [7, 11) is 0. The van der Waals surface area contributed by atoms with E-state index in [9.17, 15) is 19.5 Å². The standard InChI is InChI=1S/C31H41BrN4O4/c32-25-3-1-2-24-23(17-26(37)34-8-10-36(11-9-34)30(39)40)18-31(27(24)25)4-6-35(7-5-31)29(38)33-28-21-13-19-12-20(15-21)16-22(28)14-19/h1-3,19-23,28H,4-18H2,(H,33,38)(H,39,40). The molecule has 9 heteroatoms. The number of likely N-dealkylation sites (tertiary alicyclic amines) is 1. The number of nitrogens with one attached hydrogen (secondary N) is 1. The van der Waals surface area contributed by atoms with E-state index in [4.69, 9.17) is 0 Å². The van der Waals surface area contributed by atoms with Gasteiger partial charge >= 0.3 is 12.1 Å². The molecule has 2 aliphatic heterocycles. The first-order chi connectivity index (χ1) is 19.3. The van der Waals surface area contributed by atoms with Crippen LogP contribution in [-0.4, -0.2) is 83.1 Å². The van der Waals surface area contributed by atoms with Gasteiger partial charge in [0.25, 0.3) is 0 Å². The van der Waals surface area contributed by atoms with Gasteiger partial charge in [0.1, 0.15) is 0 Å². The Labute approximate surface area is 244 Å². The molecule has 40 heavy (non-hydrogen) atoms. The van der Waals surface area contributed by atoms with Crippen LogP contribution in [0.15, 0.2) is 22.7 Å². The summed E-state index contributed by atoms with van der Waals surface area (Å²) in [5.41, 5.74) is 2.57. The summed E-state index contributed by atoms with van der Waals surface area (Å²) in [5.74, 6) is 3.43. The summed E-state index contributed by atoms with van der Waals surface area (Å²) in [6.07, 6.45) is 8.95. The van der Waals surface area contributed by atoms with E-state index >= 15 is 0 Å². The maximum Gasteiger partial charge on any atom is 0.407 e. The van der Waals surface area contributed by atoms with E-state index in [0.29, 0.717) is 50.5 Å². The molecule has 1 spiro atoms. The van der Waals surface area contributed by atoms with E-state index in [1.165, 1.54) is 48.1 Å². The van der Waals surface area contributed by atoms with Gasteiger partial charge in [-0.3, -0.25) is 4.79 Å². The molecular weight excluding hydrogens is 572 g/mol. The number of halogens is 1. The Bertz CT molecular complexity index is 1160. The molecule has 216 valence electrons. The summed E-state index contributed by atoms with van der Waals surface area (Å²) < 4.78 is 1.11. The molecule has 1 aromatic carbocycles. The summed E-state index contributed by atoms with van der Waals surface area (Å²) in [4.78, 5) is 43.3. The molecule has 1 aromatic rings. The Kier molecular flexibility index (Phi) is 6.79. The number of nitrogens with zero attached hydrogens (tertiary/aromatic N) is 3. The normalized spacial score (nSPS) is 33.8. The molecule has 7 aliphatic rings. The van der Waals surface area contributed by atoms with Gasteiger partial charge < -0.3 is 25.1 Å². The van der Waals surface area contributed by atoms with Crippen LogP contribution in [0.3, 0.4) is 0 Å². The highest BCUT2D eigenvalue weighted by Crippen LogP contribution is 2.56. The molecule has 0 aromatic heterocycles. The van der Waals surface area contributed by atoms with Crippen molar-refractivity contribution < 1.29 is 19.5 Å². The summed E-state index contributed by atoms with van der Waals surface area (Å²) >= 11 is 3.84. The van der Waals surface area contributed by atoms with Crippen molar-refractivity contribution >= 4 is 34.0 Å². The number of carbonyl (C=O) groups is 3. The molecule has 2 saturated heterocycles. The lowest BCUT2D eigenvalue weighted by molar-refractivity contribution is -0.133. The van der Waals surface area contributed by atoms with Crippen LogP contribution in [0.5, 0.6) is 0 Å². The van der Waals surface area contributed by atoms with Crippen molar-refractivity contribution in [2.24, 2.45) is 23.7 Å². The Balaban J connectivity index is 1.00. The zero-order chi connectivity index (χ0) is 27.6. The quantitative estimate of drug-likeness (QED) is 0.501. The smallest absolute Gasteiger partial charge is 0.407 e. The summed E-state index contributed by atoms with van der Waals surface area (Å²) in [6.45, 7) is 3.17. The number of carboxylic acid groups (broad SMARTS) is 1. The van der Waals surface area contributed by atoms with Crippen molar-refractivity contribution in [1.29, 1.82) is 0 Å². The van der Waals surface area contributed by atoms with Crippen LogP contribution in [0.1, 0.15) is 74.8 Å². The molecule has 4 amide bonds. The first-order valence-electron chi connectivity index (χ1n) is 15.4. The van der Waals surface area contributed by atoms with Crippen molar-refractivity contribution in [3.05, 3.63) is 33.8 Å². The minimum atomic E-state index is -0.915. The van der Waals surface area contributed by atoms with Crippen LogP contribution in [0, 0.1) is 23.7 Å². The van der Waals surface area contributed by atoms with Crippen LogP contribution in [0.4, 0.5) is 9.59 Å². The van der Waals surface area contributed by atoms with Gasteiger partial charge in [0, 0.05) is 61.6 Å². The fourth-order valence-corrected chi connectivity index (χ4v) is 10.6. The van der Waals surface area contributed by atoms with Crippen LogP contribution in [0.2, 0.25) is 0 Å². The number of urea groups is 1. The highest BCUT2D eigenvalue weighted by atomic mass is 79.9. The molecule has 1 unspecified atom stereocenters. The van der Waals surface area contributed by atoms with Gasteiger partial charge in [-0.2, -0.15) is 0 Å². The number of piperazine rings is 1. The van der Waals surface area contributed by atoms with Gasteiger partial charge in [0.2, 0.25) is 5.91 Å². The van der Waals surface area contributed by atoms with E-state index in [1.807, 2.05) is 9.80 Å². The van der Waals surface area contributed by atoms with Gasteiger partial charge in [-0.15, -0.1) is 0 Å². The molecule has 4 saturated carbocycles. The first kappa shape index (κ1) is 26.6. The lowest BCUT2D eigenvalue weighted by Crippen LogP contribution is -2.59. The van der Waals surface area contributed by atoms with E-state index in [1.54, 1.807) is 0 Å². The maximum absolute atomic E-state index is 13.5. The molecule has 1 atom stereocenters. The minimum absolute atomic E-state index is 0.0260. The predicted molar refractivity (Wildman–Crippen MR) is 154 cm³/mol. The van der Waals surface area contributed by atoms with Gasteiger partial charge in [-0.05, 0) is 98.1 Å². The van der Waals surface area contributed by atoms with Crippen molar-refractivity contribution in [2.75, 3.05) is 39.3 Å². The molecule has 8 rings (SSSR count). The minimum Gasteiger partial charge on any atom is -0.465 e. The fourth-order valence-electron chi connectivity index (χ4n) is 9.78. The molecule has 8 nitrogen and oxygen atoms in total. The summed E-state index contributed by atoms with van der Waals surface area (Å²) in [6, 6.07) is 6.86. The third-order valence-electron chi connectivity index (χ3n) is 11.5. The average Bonchev–Trinajstić information content (AvgIpc) is 3.24. The Hall–Kier alpha value is -2.29. The number of benzene rings is 1. The van der Waals surface area contributed by atoms with Gasteiger partial charge in [-0.1, -0.05) is 28.1 Å². The zero-order valence-electron chi connectivity index (χ0n) is 23.2. The SMILES string of the molecule is O=C(O)N1CCN(C(=O)CC2CC3(CCN(C(=O)NC4C5CC6CC(C5)CC4C6)CC3)c3c(Br)cccc32)CC1. The number of amides is 4. The number of carbonyl (C=O) groups excluding carboxylic acids is 2. The average molecular weight is 614 g/mol. The molecule has 4 bridgehead atoms. The van der Waals surface area contributed by atoms with Crippen LogP contribution in [0.25, 0.3) is 0 Å². The molecule has 2 N–H and O–H groups in total. The number of rotatable bonds is 3. The molecule has 0 radical (unpaired) electrons. The fraction of sp³-hybridized carbons (Fsp3) is 0.710. The zero-order valence-corrected chi connectivity index (χ0v) is 24.8. The number of piperidine rings is 1. The Morgan fingerprint density at radius 2 is 1.50 bits per heavy atom. The van der Waals surface area contributed by atoms with Crippen LogP contribution < -0.4 is 5.32 Å². The second-order valence-electron chi connectivity index (χ2n) is 13.6. The Morgan fingerprint density at radius 1 is 0.875 bits per heavy atom. The third kappa shape index (κ3) is 4.60. The summed E-state index contributed by atoms with van der Waals surface area (Å²) in [5, 5.41) is 12.8. The van der Waals surface area contributed by atoms with E-state index in [-0.39, 0.29) is 23.3 Å². The molecule has 5 aliphatic carbocycles. The predicted octanol–water partition coefficient (Wildman–Crippen LogP) is 5.02. The van der Waals surface area contributed by atoms with Crippen molar-refractivity contribution in [1.82, 2.24) is 20.0 Å². The number of hydrogen-bond acceptors (Lipinski definition) is 3. The van der Waals surface area contributed by atoms with E-state index < -0.39 is 6.09 Å². The lowest BCUT2D eigenvalue weighted by Gasteiger charge is -2.54. The molecular formula is C31H41BrN4O4. The van der Waals surface area contributed by atoms with Gasteiger partial charge in [-0.25, -0.2) is 9.59 Å². The van der Waals surface area contributed by atoms with E-state index in [2.05, 4.69) is 39.4 Å². The number of hydrogen-bond donors (Lipinski definition) is 2. The molecule has 2 heterocycles. The maximum atomic E-state index is 13.5. The molecule has 6 fully saturated rings.